The van der Waals surface area contributed by atoms with Gasteiger partial charge in [-0.3, -0.25) is 4.99 Å². The minimum Gasteiger partial charge on any atom is -0.444 e. The summed E-state index contributed by atoms with van der Waals surface area (Å²) in [6.07, 6.45) is 2.91. The van der Waals surface area contributed by atoms with E-state index in [1.54, 1.807) is 0 Å². The third-order valence-electron chi connectivity index (χ3n) is 4.08. The van der Waals surface area contributed by atoms with Crippen LogP contribution in [0, 0.1) is 5.92 Å². The standard InChI is InChI=1S/C19H39N5O2.HI/c1-6-12-24-13-9-16(15-24)14-23-17(20-7-2)21-10-8-11-22-18(25)26-19(3,4)5;/h16H,6-15H2,1-5H3,(H,22,25)(H2,20,21,23);1H. The van der Waals surface area contributed by atoms with Crippen LogP contribution in [0.25, 0.3) is 0 Å². The van der Waals surface area contributed by atoms with Gasteiger partial charge in [-0.15, -0.1) is 24.0 Å². The lowest BCUT2D eigenvalue weighted by Gasteiger charge is -2.19. The van der Waals surface area contributed by atoms with Gasteiger partial charge in [0.25, 0.3) is 0 Å². The fourth-order valence-corrected chi connectivity index (χ4v) is 2.94. The Morgan fingerprint density at radius 2 is 1.89 bits per heavy atom. The van der Waals surface area contributed by atoms with E-state index in [-0.39, 0.29) is 30.1 Å². The molecular weight excluding hydrogens is 457 g/mol. The molecule has 1 amide bonds. The van der Waals surface area contributed by atoms with Crippen LogP contribution < -0.4 is 16.0 Å². The molecule has 0 aromatic heterocycles. The fraction of sp³-hybridized carbons (Fsp3) is 0.895. The highest BCUT2D eigenvalue weighted by molar-refractivity contribution is 14.0. The molecule has 0 aromatic rings. The molecule has 1 aliphatic rings. The molecule has 0 radical (unpaired) electrons. The van der Waals surface area contributed by atoms with E-state index >= 15 is 0 Å². The third kappa shape index (κ3) is 13.1. The fourth-order valence-electron chi connectivity index (χ4n) is 2.94. The molecule has 0 aliphatic carbocycles. The van der Waals surface area contributed by atoms with Gasteiger partial charge in [-0.05, 0) is 66.0 Å². The van der Waals surface area contributed by atoms with Crippen LogP contribution in [0.15, 0.2) is 4.99 Å². The molecule has 0 aromatic carbocycles. The maximum absolute atomic E-state index is 11.6. The Bertz CT molecular complexity index is 440. The molecule has 1 unspecified atom stereocenters. The second-order valence-corrected chi connectivity index (χ2v) is 7.88. The van der Waals surface area contributed by atoms with Gasteiger partial charge < -0.3 is 25.6 Å². The highest BCUT2D eigenvalue weighted by Gasteiger charge is 2.21. The summed E-state index contributed by atoms with van der Waals surface area (Å²) in [6, 6.07) is 0. The van der Waals surface area contributed by atoms with Crippen LogP contribution in [-0.2, 0) is 4.74 Å². The van der Waals surface area contributed by atoms with Crippen LogP contribution >= 0.6 is 24.0 Å². The first-order valence-corrected chi connectivity index (χ1v) is 10.1. The Hall–Kier alpha value is -0.770. The lowest BCUT2D eigenvalue weighted by Crippen LogP contribution is -2.39. The molecule has 0 bridgehead atoms. The number of nitrogens with zero attached hydrogens (tertiary/aromatic N) is 2. The molecule has 1 fully saturated rings. The van der Waals surface area contributed by atoms with E-state index in [1.165, 1.54) is 25.9 Å². The zero-order valence-electron chi connectivity index (χ0n) is 17.8. The van der Waals surface area contributed by atoms with Crippen molar-refractivity contribution in [3.8, 4) is 0 Å². The van der Waals surface area contributed by atoms with Gasteiger partial charge in [0.15, 0.2) is 5.96 Å². The van der Waals surface area contributed by atoms with Crippen LogP contribution in [0.5, 0.6) is 0 Å². The summed E-state index contributed by atoms with van der Waals surface area (Å²) in [5, 5.41) is 9.39. The van der Waals surface area contributed by atoms with Crippen molar-refractivity contribution in [1.29, 1.82) is 0 Å². The van der Waals surface area contributed by atoms with E-state index in [9.17, 15) is 4.79 Å². The molecule has 8 heteroatoms. The second-order valence-electron chi connectivity index (χ2n) is 7.88. The third-order valence-corrected chi connectivity index (χ3v) is 4.08. The Labute approximate surface area is 182 Å². The zero-order valence-corrected chi connectivity index (χ0v) is 20.1. The van der Waals surface area contributed by atoms with Gasteiger partial charge in [-0.1, -0.05) is 6.92 Å². The number of halogens is 1. The number of rotatable bonds is 9. The van der Waals surface area contributed by atoms with Crippen molar-refractivity contribution in [3.63, 3.8) is 0 Å². The normalized spacial score (nSPS) is 18.0. The van der Waals surface area contributed by atoms with E-state index in [4.69, 9.17) is 9.73 Å². The molecule has 1 atom stereocenters. The van der Waals surface area contributed by atoms with Crippen molar-refractivity contribution in [2.45, 2.75) is 59.5 Å². The first-order chi connectivity index (χ1) is 12.3. The van der Waals surface area contributed by atoms with Crippen molar-refractivity contribution in [2.75, 3.05) is 45.8 Å². The summed E-state index contributed by atoms with van der Waals surface area (Å²) < 4.78 is 5.21. The minimum atomic E-state index is -0.458. The number of amides is 1. The van der Waals surface area contributed by atoms with E-state index in [0.717, 1.165) is 38.6 Å². The molecule has 160 valence electrons. The maximum atomic E-state index is 11.6. The summed E-state index contributed by atoms with van der Waals surface area (Å²) in [6.45, 7) is 16.5. The van der Waals surface area contributed by atoms with Crippen LogP contribution in [0.3, 0.4) is 0 Å². The molecule has 0 spiro atoms. The Morgan fingerprint density at radius 3 is 2.52 bits per heavy atom. The molecule has 1 aliphatic heterocycles. The summed E-state index contributed by atoms with van der Waals surface area (Å²) in [5.74, 6) is 1.52. The van der Waals surface area contributed by atoms with E-state index in [0.29, 0.717) is 12.5 Å². The van der Waals surface area contributed by atoms with Crippen molar-refractivity contribution >= 4 is 36.0 Å². The highest BCUT2D eigenvalue weighted by atomic mass is 127. The number of alkyl carbamates (subject to hydrolysis) is 1. The Morgan fingerprint density at radius 1 is 1.19 bits per heavy atom. The zero-order chi connectivity index (χ0) is 19.4. The second kappa shape index (κ2) is 14.3. The average Bonchev–Trinajstić information content (AvgIpc) is 2.98. The number of aliphatic imine (C=N–C) groups is 1. The average molecular weight is 497 g/mol. The van der Waals surface area contributed by atoms with Gasteiger partial charge in [0.1, 0.15) is 5.60 Å². The lowest BCUT2D eigenvalue weighted by atomic mass is 10.1. The van der Waals surface area contributed by atoms with Crippen LogP contribution in [0.2, 0.25) is 0 Å². The molecule has 27 heavy (non-hydrogen) atoms. The van der Waals surface area contributed by atoms with Gasteiger partial charge in [0.05, 0.1) is 0 Å². The first-order valence-electron chi connectivity index (χ1n) is 10.1. The summed E-state index contributed by atoms with van der Waals surface area (Å²) >= 11 is 0. The maximum Gasteiger partial charge on any atom is 0.407 e. The van der Waals surface area contributed by atoms with Crippen molar-refractivity contribution in [1.82, 2.24) is 20.9 Å². The molecule has 1 saturated heterocycles. The summed E-state index contributed by atoms with van der Waals surface area (Å²) in [4.78, 5) is 18.8. The van der Waals surface area contributed by atoms with Gasteiger partial charge in [-0.2, -0.15) is 0 Å². The van der Waals surface area contributed by atoms with Gasteiger partial charge in [0, 0.05) is 32.7 Å². The number of hydrogen-bond donors (Lipinski definition) is 3. The number of guanidine groups is 1. The van der Waals surface area contributed by atoms with Crippen LogP contribution in [0.4, 0.5) is 4.79 Å². The molecule has 1 rings (SSSR count). The van der Waals surface area contributed by atoms with Crippen LogP contribution in [0.1, 0.15) is 53.9 Å². The Balaban J connectivity index is 0.00000676. The predicted molar refractivity (Wildman–Crippen MR) is 123 cm³/mol. The van der Waals surface area contributed by atoms with E-state index in [1.807, 2.05) is 20.8 Å². The van der Waals surface area contributed by atoms with E-state index < -0.39 is 5.60 Å². The molecule has 3 N–H and O–H groups in total. The van der Waals surface area contributed by atoms with Gasteiger partial charge in [-0.25, -0.2) is 4.79 Å². The van der Waals surface area contributed by atoms with E-state index in [2.05, 4.69) is 34.7 Å². The number of carbonyl (C=O) groups is 1. The smallest absolute Gasteiger partial charge is 0.407 e. The number of likely N-dealkylation sites (tertiary alicyclic amines) is 1. The van der Waals surface area contributed by atoms with Crippen molar-refractivity contribution < 1.29 is 9.53 Å². The first kappa shape index (κ1) is 26.2. The van der Waals surface area contributed by atoms with Gasteiger partial charge >= 0.3 is 6.09 Å². The Kier molecular flexibility index (Phi) is 13.9. The number of carbonyl (C=O) groups excluding carboxylic acids is 1. The summed E-state index contributed by atoms with van der Waals surface area (Å²) in [5.41, 5.74) is -0.458. The number of nitrogens with one attached hydrogen (secondary N) is 3. The van der Waals surface area contributed by atoms with Crippen molar-refractivity contribution in [3.05, 3.63) is 0 Å². The number of ether oxygens (including phenoxy) is 1. The lowest BCUT2D eigenvalue weighted by molar-refractivity contribution is 0.0527. The minimum absolute atomic E-state index is 0. The number of hydrogen-bond acceptors (Lipinski definition) is 4. The quantitative estimate of drug-likeness (QED) is 0.198. The monoisotopic (exact) mass is 497 g/mol. The van der Waals surface area contributed by atoms with Crippen molar-refractivity contribution in [2.24, 2.45) is 10.9 Å². The largest absolute Gasteiger partial charge is 0.444 e. The molecular formula is C19H40IN5O2. The molecule has 0 saturated carbocycles. The molecule has 1 heterocycles. The topological polar surface area (TPSA) is 78.0 Å². The molecule has 7 nitrogen and oxygen atoms in total. The van der Waals surface area contributed by atoms with Gasteiger partial charge in [0.2, 0.25) is 0 Å². The highest BCUT2D eigenvalue weighted by Crippen LogP contribution is 2.16. The SMILES string of the molecule is CCCN1CCC(CN=C(NCC)NCCCNC(=O)OC(C)(C)C)C1.I. The van der Waals surface area contributed by atoms with Crippen LogP contribution in [-0.4, -0.2) is 68.4 Å². The summed E-state index contributed by atoms with van der Waals surface area (Å²) in [7, 11) is 0. The predicted octanol–water partition coefficient (Wildman–Crippen LogP) is 2.81.